The van der Waals surface area contributed by atoms with Gasteiger partial charge in [-0.05, 0) is 60.1 Å². The number of aryl methyl sites for hydroxylation is 1. The predicted octanol–water partition coefficient (Wildman–Crippen LogP) is 6.27. The van der Waals surface area contributed by atoms with Gasteiger partial charge in [0.2, 0.25) is 0 Å². The number of nitriles is 1. The molecule has 3 aliphatic heterocycles. The van der Waals surface area contributed by atoms with Gasteiger partial charge in [-0.15, -0.1) is 0 Å². The largest absolute Gasteiger partial charge is 0.471 e. The zero-order valence-corrected chi connectivity index (χ0v) is 27.8. The maximum atomic E-state index is 14.1. The van der Waals surface area contributed by atoms with Gasteiger partial charge in [0.25, 0.3) is 5.91 Å². The number of halogens is 3. The van der Waals surface area contributed by atoms with Crippen molar-refractivity contribution in [1.82, 2.24) is 9.80 Å². The molecule has 3 aromatic carbocycles. The maximum Gasteiger partial charge on any atom is 0.471 e. The van der Waals surface area contributed by atoms with E-state index in [-0.39, 0.29) is 31.2 Å². The monoisotopic (exact) mass is 692 g/mol. The van der Waals surface area contributed by atoms with Crippen molar-refractivity contribution in [3.63, 3.8) is 0 Å². The highest BCUT2D eigenvalue weighted by molar-refractivity contribution is 8.19. The molecule has 0 aliphatic carbocycles. The fourth-order valence-corrected chi connectivity index (χ4v) is 7.87. The molecule has 14 heteroatoms. The summed E-state index contributed by atoms with van der Waals surface area (Å²) in [5.74, 6) is -2.20. The Bertz CT molecular complexity index is 1840. The van der Waals surface area contributed by atoms with Gasteiger partial charge in [0.1, 0.15) is 4.91 Å². The molecule has 0 spiro atoms. The lowest BCUT2D eigenvalue weighted by Crippen LogP contribution is -2.47. The lowest BCUT2D eigenvalue weighted by atomic mass is 10.1. The first kappa shape index (κ1) is 33.6. The molecule has 0 bridgehead atoms. The van der Waals surface area contributed by atoms with Crippen molar-refractivity contribution < 1.29 is 27.5 Å². The molecule has 2 saturated heterocycles. The van der Waals surface area contributed by atoms with Crippen LogP contribution in [0.15, 0.2) is 86.6 Å². The number of carbonyl (C=O) groups excluding carboxylic acids is 2. The van der Waals surface area contributed by atoms with Gasteiger partial charge in [-0.3, -0.25) is 19.4 Å². The average Bonchev–Trinajstić information content (AvgIpc) is 3.57. The quantitative estimate of drug-likeness (QED) is 0.268. The SMILES string of the molecule is Cc1ccc(C#N)cc1N=C1SC(=C2Sc3cc(N(CCN4CCOCC4)C(=O)C(F)(F)F)ccc3N2C)C(=O)N1Cc1ccccc1. The van der Waals surface area contributed by atoms with Crippen molar-refractivity contribution in [2.75, 3.05) is 56.2 Å². The Hall–Kier alpha value is -4.29. The number of anilines is 2. The molecule has 3 aromatic rings. The number of nitrogens with zero attached hydrogens (tertiary/aromatic N) is 6. The van der Waals surface area contributed by atoms with Gasteiger partial charge in [0.05, 0.1) is 47.8 Å². The van der Waals surface area contributed by atoms with E-state index in [1.54, 1.807) is 36.2 Å². The highest BCUT2D eigenvalue weighted by Crippen LogP contribution is 2.51. The summed E-state index contributed by atoms with van der Waals surface area (Å²) in [6.07, 6.45) is -5.04. The number of rotatable bonds is 7. The lowest BCUT2D eigenvalue weighted by Gasteiger charge is -2.30. The second kappa shape index (κ2) is 14.1. The Labute approximate surface area is 284 Å². The first-order valence-corrected chi connectivity index (χ1v) is 16.8. The fourth-order valence-electron chi connectivity index (χ4n) is 5.50. The molecular weight excluding hydrogens is 662 g/mol. The van der Waals surface area contributed by atoms with Gasteiger partial charge in [0, 0.05) is 43.8 Å². The number of ether oxygens (including phenoxy) is 1. The van der Waals surface area contributed by atoms with Crippen LogP contribution in [0.5, 0.6) is 0 Å². The number of carbonyl (C=O) groups is 2. The molecule has 0 saturated carbocycles. The van der Waals surface area contributed by atoms with E-state index >= 15 is 0 Å². The molecule has 3 heterocycles. The summed E-state index contributed by atoms with van der Waals surface area (Å²) in [6, 6.07) is 21.6. The Morgan fingerprint density at radius 1 is 1.06 bits per heavy atom. The molecule has 0 unspecified atom stereocenters. The van der Waals surface area contributed by atoms with Gasteiger partial charge in [-0.1, -0.05) is 48.2 Å². The van der Waals surface area contributed by atoms with Crippen molar-refractivity contribution in [2.24, 2.45) is 4.99 Å². The average molecular weight is 693 g/mol. The minimum absolute atomic E-state index is 0.127. The van der Waals surface area contributed by atoms with Crippen LogP contribution in [0, 0.1) is 18.3 Å². The van der Waals surface area contributed by atoms with E-state index in [0.29, 0.717) is 63.2 Å². The molecule has 48 heavy (non-hydrogen) atoms. The number of fused-ring (bicyclic) bond motifs is 1. The van der Waals surface area contributed by atoms with Crippen molar-refractivity contribution in [1.29, 1.82) is 5.26 Å². The molecular formula is C34H31F3N6O3S2. The highest BCUT2D eigenvalue weighted by atomic mass is 32.2. The second-order valence-electron chi connectivity index (χ2n) is 11.3. The number of hydrogen-bond donors (Lipinski definition) is 0. The van der Waals surface area contributed by atoms with Crippen LogP contribution in [-0.4, -0.2) is 79.4 Å². The van der Waals surface area contributed by atoms with Crippen LogP contribution in [0.2, 0.25) is 0 Å². The van der Waals surface area contributed by atoms with E-state index < -0.39 is 12.1 Å². The first-order valence-electron chi connectivity index (χ1n) is 15.2. The van der Waals surface area contributed by atoms with Gasteiger partial charge < -0.3 is 14.5 Å². The molecule has 0 atom stereocenters. The third kappa shape index (κ3) is 7.09. The third-order valence-electron chi connectivity index (χ3n) is 8.15. The Morgan fingerprint density at radius 2 is 1.81 bits per heavy atom. The van der Waals surface area contributed by atoms with E-state index in [2.05, 4.69) is 6.07 Å². The smallest absolute Gasteiger partial charge is 0.379 e. The first-order chi connectivity index (χ1) is 23.0. The summed E-state index contributed by atoms with van der Waals surface area (Å²) in [5, 5.41) is 10.5. The predicted molar refractivity (Wildman–Crippen MR) is 181 cm³/mol. The number of benzene rings is 3. The Balaban J connectivity index is 1.33. The Kier molecular flexibility index (Phi) is 9.84. The van der Waals surface area contributed by atoms with Gasteiger partial charge in [-0.25, -0.2) is 4.99 Å². The van der Waals surface area contributed by atoms with Gasteiger partial charge in [0.15, 0.2) is 5.17 Å². The van der Waals surface area contributed by atoms with E-state index in [1.165, 1.54) is 29.6 Å². The minimum Gasteiger partial charge on any atom is -0.379 e. The van der Waals surface area contributed by atoms with Crippen LogP contribution in [0.3, 0.4) is 0 Å². The van der Waals surface area contributed by atoms with Gasteiger partial charge >= 0.3 is 12.1 Å². The number of alkyl halides is 3. The number of morpholine rings is 1. The summed E-state index contributed by atoms with van der Waals surface area (Å²) in [7, 11) is 1.79. The van der Waals surface area contributed by atoms with Crippen LogP contribution in [-0.2, 0) is 20.9 Å². The van der Waals surface area contributed by atoms with E-state index in [9.17, 15) is 28.0 Å². The zero-order chi connectivity index (χ0) is 34.0. The molecule has 9 nitrogen and oxygen atoms in total. The number of amides is 2. The molecule has 3 aliphatic rings. The molecule has 0 radical (unpaired) electrons. The Morgan fingerprint density at radius 3 is 2.52 bits per heavy atom. The second-order valence-corrected chi connectivity index (χ2v) is 13.4. The minimum atomic E-state index is -5.04. The number of hydrogen-bond acceptors (Lipinski definition) is 9. The van der Waals surface area contributed by atoms with E-state index in [0.717, 1.165) is 16.0 Å². The van der Waals surface area contributed by atoms with E-state index in [1.807, 2.05) is 53.1 Å². The summed E-state index contributed by atoms with van der Waals surface area (Å²) in [5.41, 5.74) is 3.59. The fraction of sp³-hybridized carbons (Fsp3) is 0.294. The highest BCUT2D eigenvalue weighted by Gasteiger charge is 2.44. The van der Waals surface area contributed by atoms with Crippen molar-refractivity contribution >= 4 is 57.6 Å². The van der Waals surface area contributed by atoms with Crippen molar-refractivity contribution in [2.45, 2.75) is 24.5 Å². The van der Waals surface area contributed by atoms with Crippen LogP contribution < -0.4 is 9.80 Å². The summed E-state index contributed by atoms with van der Waals surface area (Å²) in [6.45, 7) is 4.42. The normalized spacial score (nSPS) is 19.2. The van der Waals surface area contributed by atoms with Crippen molar-refractivity contribution in [3.05, 3.63) is 93.4 Å². The summed E-state index contributed by atoms with van der Waals surface area (Å²) in [4.78, 5) is 38.8. The zero-order valence-electron chi connectivity index (χ0n) is 26.2. The summed E-state index contributed by atoms with van der Waals surface area (Å²) >= 11 is 2.47. The molecule has 2 amide bonds. The number of thioether (sulfide) groups is 2. The van der Waals surface area contributed by atoms with Crippen LogP contribution >= 0.6 is 23.5 Å². The molecule has 6 rings (SSSR count). The molecule has 0 N–H and O–H groups in total. The summed E-state index contributed by atoms with van der Waals surface area (Å²) < 4.78 is 46.5. The van der Waals surface area contributed by atoms with E-state index in [4.69, 9.17) is 9.73 Å². The maximum absolute atomic E-state index is 14.1. The van der Waals surface area contributed by atoms with Crippen LogP contribution in [0.1, 0.15) is 16.7 Å². The van der Waals surface area contributed by atoms with Crippen LogP contribution in [0.25, 0.3) is 0 Å². The number of aliphatic imine (C=N–C) groups is 1. The molecule has 0 aromatic heterocycles. The van der Waals surface area contributed by atoms with Crippen LogP contribution in [0.4, 0.5) is 30.2 Å². The number of amidine groups is 1. The van der Waals surface area contributed by atoms with Gasteiger partial charge in [-0.2, -0.15) is 18.4 Å². The molecule has 248 valence electrons. The standard InChI is InChI=1S/C34H31F3N6O3S2/c1-22-8-9-24(20-38)18-26(22)39-33-43(21-23-6-4-3-5-7-23)30(44)29(48-33)31-40(2)27-11-10-25(19-28(27)47-31)42(32(45)34(35,36)37)13-12-41-14-16-46-17-15-41/h3-11,18-19H,12-17,21H2,1-2H3. The topological polar surface area (TPSA) is 92.5 Å². The molecule has 2 fully saturated rings. The van der Waals surface area contributed by atoms with Crippen molar-refractivity contribution in [3.8, 4) is 6.07 Å². The third-order valence-corrected chi connectivity index (χ3v) is 10.6. The lowest BCUT2D eigenvalue weighted by molar-refractivity contribution is -0.170.